The average molecular weight is 117 g/mol. The van der Waals surface area contributed by atoms with Crippen molar-refractivity contribution in [3.05, 3.63) is 0 Å². The molecular weight excluding hydrogens is 112 g/mol. The predicted molar refractivity (Wildman–Crippen MR) is 22.8 cm³/mol. The number of carbonyl (C=O) groups excluding carboxylic acids is 1. The zero-order valence-corrected chi connectivity index (χ0v) is 4.09. The molecule has 0 saturated carbocycles. The van der Waals surface area contributed by atoms with Gasteiger partial charge in [0, 0.05) is 0 Å². The van der Waals surface area contributed by atoms with Gasteiger partial charge in [-0.05, 0) is 0 Å². The Hall–Kier alpha value is -0.900. The van der Waals surface area contributed by atoms with Crippen molar-refractivity contribution in [3.8, 4) is 0 Å². The third-order valence-corrected chi connectivity index (χ3v) is 0.509. The van der Waals surface area contributed by atoms with E-state index in [0.29, 0.717) is 0 Å². The average Bonchev–Trinajstić information content (AvgIpc) is 1.65. The molecule has 0 aromatic rings. The van der Waals surface area contributed by atoms with Crippen LogP contribution in [0, 0.1) is 0 Å². The molecule has 0 aliphatic rings. The number of carboxylic acid groups (broad SMARTS) is 1. The van der Waals surface area contributed by atoms with Gasteiger partial charge < -0.3 is 5.11 Å². The van der Waals surface area contributed by atoms with E-state index in [1.807, 2.05) is 0 Å². The monoisotopic (exact) mass is 117 g/mol. The number of carboxylic acids is 1. The molecule has 1 radical (unpaired) electrons. The van der Waals surface area contributed by atoms with Crippen molar-refractivity contribution in [3.63, 3.8) is 0 Å². The van der Waals surface area contributed by atoms with Gasteiger partial charge in [-0.2, -0.15) is 0 Å². The second-order valence-electron chi connectivity index (χ2n) is 1.25. The second kappa shape index (κ2) is 3.15. The maximum absolute atomic E-state index is 9.93. The van der Waals surface area contributed by atoms with E-state index in [1.165, 1.54) is 0 Å². The minimum atomic E-state index is -1.24. The Labute approximate surface area is 45.7 Å². The molecule has 0 aromatic heterocycles. The lowest BCUT2D eigenvalue weighted by atomic mass is 10.3. The van der Waals surface area contributed by atoms with Gasteiger partial charge in [-0.15, -0.1) is 0 Å². The van der Waals surface area contributed by atoms with Crippen molar-refractivity contribution in [2.75, 3.05) is 6.61 Å². The van der Waals surface area contributed by atoms with Crippen molar-refractivity contribution in [2.24, 2.45) is 0 Å². The highest BCUT2D eigenvalue weighted by Gasteiger charge is 2.04. The van der Waals surface area contributed by atoms with Crippen molar-refractivity contribution in [2.45, 2.75) is 6.42 Å². The van der Waals surface area contributed by atoms with Crippen LogP contribution in [0.5, 0.6) is 0 Å². The lowest BCUT2D eigenvalue weighted by molar-refractivity contribution is -0.141. The summed E-state index contributed by atoms with van der Waals surface area (Å²) in [5, 5.41) is 17.4. The number of aliphatic carboxylic acids is 1. The summed E-state index contributed by atoms with van der Waals surface area (Å²) in [7, 11) is 0. The summed E-state index contributed by atoms with van der Waals surface area (Å²) in [6.45, 7) is -0.938. The summed E-state index contributed by atoms with van der Waals surface area (Å²) in [4.78, 5) is 19.5. The van der Waals surface area contributed by atoms with Crippen LogP contribution in [-0.4, -0.2) is 23.5 Å². The molecule has 0 rings (SSSR count). The first-order chi connectivity index (χ1) is 3.66. The Morgan fingerprint density at radius 3 is 2.00 bits per heavy atom. The molecule has 45 valence electrons. The maximum atomic E-state index is 9.93. The highest BCUT2D eigenvalue weighted by atomic mass is 16.4. The molecule has 1 N–H and O–H groups in total. The maximum Gasteiger partial charge on any atom is 0.310 e. The van der Waals surface area contributed by atoms with Crippen LogP contribution in [0.3, 0.4) is 0 Å². The van der Waals surface area contributed by atoms with Gasteiger partial charge in [0.1, 0.15) is 13.0 Å². The molecule has 0 unspecified atom stereocenters. The van der Waals surface area contributed by atoms with Gasteiger partial charge in [0.05, 0.1) is 0 Å². The molecule has 0 saturated heterocycles. The Bertz CT molecular complexity index is 107. The minimum absolute atomic E-state index is 0.649. The van der Waals surface area contributed by atoms with Crippen molar-refractivity contribution in [1.82, 2.24) is 0 Å². The standard InChI is InChI=1S/C4H5O4/c5-2-3(6)1-4(7)8/h1-2H2,(H,7,8). The van der Waals surface area contributed by atoms with Gasteiger partial charge in [0.2, 0.25) is 0 Å². The fourth-order valence-corrected chi connectivity index (χ4v) is 0.220. The fraction of sp³-hybridized carbons (Fsp3) is 0.500. The van der Waals surface area contributed by atoms with E-state index in [4.69, 9.17) is 5.11 Å². The lowest BCUT2D eigenvalue weighted by Gasteiger charge is -1.84. The van der Waals surface area contributed by atoms with Gasteiger partial charge in [-0.25, -0.2) is 5.11 Å². The zero-order chi connectivity index (χ0) is 6.57. The summed E-state index contributed by atoms with van der Waals surface area (Å²) in [5.74, 6) is -2.02. The molecule has 0 aliphatic heterocycles. The third kappa shape index (κ3) is 3.30. The van der Waals surface area contributed by atoms with Crippen molar-refractivity contribution >= 4 is 11.8 Å². The van der Waals surface area contributed by atoms with Gasteiger partial charge >= 0.3 is 5.97 Å². The highest BCUT2D eigenvalue weighted by molar-refractivity contribution is 5.95. The van der Waals surface area contributed by atoms with Crippen LogP contribution in [0.1, 0.15) is 6.42 Å². The molecule has 0 atom stereocenters. The smallest absolute Gasteiger partial charge is 0.310 e. The molecule has 0 heterocycles. The van der Waals surface area contributed by atoms with E-state index in [2.05, 4.69) is 0 Å². The quantitative estimate of drug-likeness (QED) is 0.504. The van der Waals surface area contributed by atoms with Crippen molar-refractivity contribution in [1.29, 1.82) is 0 Å². The Kier molecular flexibility index (Phi) is 2.79. The summed E-state index contributed by atoms with van der Waals surface area (Å²) in [6, 6.07) is 0. The van der Waals surface area contributed by atoms with Gasteiger partial charge in [-0.3, -0.25) is 9.59 Å². The predicted octanol–water partition coefficient (Wildman–Crippen LogP) is -0.539. The van der Waals surface area contributed by atoms with Gasteiger partial charge in [-0.1, -0.05) is 0 Å². The zero-order valence-electron chi connectivity index (χ0n) is 4.09. The van der Waals surface area contributed by atoms with E-state index in [9.17, 15) is 14.7 Å². The Morgan fingerprint density at radius 2 is 1.88 bits per heavy atom. The molecule has 0 aromatic carbocycles. The molecule has 4 heteroatoms. The molecular formula is C4H5O4. The molecule has 0 fully saturated rings. The summed E-state index contributed by atoms with van der Waals surface area (Å²) in [5.41, 5.74) is 0. The van der Waals surface area contributed by atoms with Crippen LogP contribution in [-0.2, 0) is 14.7 Å². The van der Waals surface area contributed by atoms with E-state index in [0.717, 1.165) is 0 Å². The first kappa shape index (κ1) is 7.10. The van der Waals surface area contributed by atoms with Crippen LogP contribution < -0.4 is 0 Å². The lowest BCUT2D eigenvalue weighted by Crippen LogP contribution is -2.08. The van der Waals surface area contributed by atoms with E-state index in [1.54, 1.807) is 0 Å². The Morgan fingerprint density at radius 1 is 1.38 bits per heavy atom. The summed E-state index contributed by atoms with van der Waals surface area (Å²) < 4.78 is 0. The second-order valence-corrected chi connectivity index (χ2v) is 1.25. The molecule has 4 nitrogen and oxygen atoms in total. The van der Waals surface area contributed by atoms with E-state index >= 15 is 0 Å². The van der Waals surface area contributed by atoms with Crippen LogP contribution >= 0.6 is 0 Å². The number of Topliss-reactive ketones (excluding diaryl/α,β-unsaturated/α-hetero) is 1. The van der Waals surface area contributed by atoms with Crippen LogP contribution in [0.25, 0.3) is 0 Å². The van der Waals surface area contributed by atoms with Crippen LogP contribution in [0.4, 0.5) is 0 Å². The number of carbonyl (C=O) groups is 2. The van der Waals surface area contributed by atoms with Crippen LogP contribution in [0.2, 0.25) is 0 Å². The number of hydrogen-bond donors (Lipinski definition) is 1. The minimum Gasteiger partial charge on any atom is -0.481 e. The number of ketones is 1. The molecule has 8 heavy (non-hydrogen) atoms. The van der Waals surface area contributed by atoms with Crippen molar-refractivity contribution < 1.29 is 19.8 Å². The number of rotatable bonds is 3. The van der Waals surface area contributed by atoms with Gasteiger partial charge in [0.15, 0.2) is 5.78 Å². The molecule has 0 spiro atoms. The topological polar surface area (TPSA) is 74.3 Å². The van der Waals surface area contributed by atoms with Crippen LogP contribution in [0.15, 0.2) is 0 Å². The van der Waals surface area contributed by atoms with Gasteiger partial charge in [0.25, 0.3) is 0 Å². The molecule has 0 aliphatic carbocycles. The Balaban J connectivity index is 3.40. The number of hydrogen-bond acceptors (Lipinski definition) is 2. The third-order valence-electron chi connectivity index (χ3n) is 0.509. The largest absolute Gasteiger partial charge is 0.481 e. The highest BCUT2D eigenvalue weighted by Crippen LogP contribution is 1.79. The first-order valence-electron chi connectivity index (χ1n) is 1.98. The van der Waals surface area contributed by atoms with E-state index in [-0.39, 0.29) is 0 Å². The molecule has 0 amide bonds. The van der Waals surface area contributed by atoms with E-state index < -0.39 is 24.8 Å². The molecule has 0 bridgehead atoms. The SMILES string of the molecule is [O]CC(=O)CC(=O)O. The summed E-state index contributed by atoms with van der Waals surface area (Å²) >= 11 is 0. The summed E-state index contributed by atoms with van der Waals surface area (Å²) in [6.07, 6.45) is -0.649. The normalized spacial score (nSPS) is 8.62. The first-order valence-corrected chi connectivity index (χ1v) is 1.98. The fourth-order valence-electron chi connectivity index (χ4n) is 0.220.